The molecule has 0 aliphatic carbocycles. The van der Waals surface area contributed by atoms with Gasteiger partial charge in [-0.3, -0.25) is 0 Å². The molecular formula is C16H21O5-. The van der Waals surface area contributed by atoms with Crippen LogP contribution in [0.5, 0.6) is 0 Å². The molecule has 0 aromatic heterocycles. The van der Waals surface area contributed by atoms with Crippen molar-refractivity contribution in [2.75, 3.05) is 13.2 Å². The first-order chi connectivity index (χ1) is 10.1. The standard InChI is InChI=1S/C16H22O5/c1-2-12(7-5-6-10-17)11-21-16(20)14-9-4-3-8-13(14)15(18)19/h3-4,8-9,12,17H,2,5-7,10-11H2,1H3,(H,18,19)/p-1. The van der Waals surface area contributed by atoms with Gasteiger partial charge in [-0.1, -0.05) is 38.0 Å². The molecular weight excluding hydrogens is 272 g/mol. The van der Waals surface area contributed by atoms with Crippen LogP contribution < -0.4 is 5.11 Å². The summed E-state index contributed by atoms with van der Waals surface area (Å²) in [4.78, 5) is 22.9. The Morgan fingerprint density at radius 2 is 1.90 bits per heavy atom. The van der Waals surface area contributed by atoms with Gasteiger partial charge in [0.25, 0.3) is 0 Å². The van der Waals surface area contributed by atoms with Crippen molar-refractivity contribution in [2.45, 2.75) is 32.6 Å². The number of hydrogen-bond donors (Lipinski definition) is 1. The van der Waals surface area contributed by atoms with Crippen LogP contribution in [0.15, 0.2) is 24.3 Å². The third-order valence-corrected chi connectivity index (χ3v) is 3.41. The zero-order chi connectivity index (χ0) is 15.7. The number of carbonyl (C=O) groups is 2. The fourth-order valence-corrected chi connectivity index (χ4v) is 2.06. The molecule has 1 atom stereocenters. The van der Waals surface area contributed by atoms with Gasteiger partial charge in [0, 0.05) is 12.2 Å². The summed E-state index contributed by atoms with van der Waals surface area (Å²) >= 11 is 0. The molecule has 1 rings (SSSR count). The molecule has 5 nitrogen and oxygen atoms in total. The maximum absolute atomic E-state index is 12.0. The Kier molecular flexibility index (Phi) is 7.46. The summed E-state index contributed by atoms with van der Waals surface area (Å²) in [6.45, 7) is 2.42. The molecule has 1 unspecified atom stereocenters. The number of carboxylic acid groups (broad SMARTS) is 1. The first-order valence-corrected chi connectivity index (χ1v) is 7.18. The van der Waals surface area contributed by atoms with Crippen LogP contribution in [0.25, 0.3) is 0 Å². The topological polar surface area (TPSA) is 86.7 Å². The second-order valence-electron chi connectivity index (χ2n) is 4.93. The number of carboxylic acids is 1. The van der Waals surface area contributed by atoms with Crippen molar-refractivity contribution < 1.29 is 24.5 Å². The highest BCUT2D eigenvalue weighted by molar-refractivity contribution is 6.01. The highest BCUT2D eigenvalue weighted by Crippen LogP contribution is 2.15. The molecule has 0 radical (unpaired) electrons. The molecule has 0 heterocycles. The molecule has 0 saturated heterocycles. The van der Waals surface area contributed by atoms with Crippen molar-refractivity contribution in [3.8, 4) is 0 Å². The Morgan fingerprint density at radius 1 is 1.24 bits per heavy atom. The fraction of sp³-hybridized carbons (Fsp3) is 0.500. The number of aliphatic hydroxyl groups excluding tert-OH is 1. The lowest BCUT2D eigenvalue weighted by Gasteiger charge is -2.16. The molecule has 0 spiro atoms. The molecule has 0 amide bonds. The number of esters is 1. The summed E-state index contributed by atoms with van der Waals surface area (Å²) in [6, 6.07) is 5.86. The maximum atomic E-state index is 12.0. The van der Waals surface area contributed by atoms with Crippen LogP contribution in [0.2, 0.25) is 0 Å². The quantitative estimate of drug-likeness (QED) is 0.549. The monoisotopic (exact) mass is 293 g/mol. The summed E-state index contributed by atoms with van der Waals surface area (Å²) in [6.07, 6.45) is 3.34. The lowest BCUT2D eigenvalue weighted by molar-refractivity contribution is -0.255. The maximum Gasteiger partial charge on any atom is 0.338 e. The minimum absolute atomic E-state index is 0.0164. The third-order valence-electron chi connectivity index (χ3n) is 3.41. The molecule has 0 aliphatic rings. The summed E-state index contributed by atoms with van der Waals surface area (Å²) in [5.74, 6) is -1.82. The number of carbonyl (C=O) groups excluding carboxylic acids is 2. The van der Waals surface area contributed by atoms with E-state index in [4.69, 9.17) is 9.84 Å². The number of aromatic carboxylic acids is 1. The normalized spacial score (nSPS) is 11.9. The van der Waals surface area contributed by atoms with E-state index in [-0.39, 0.29) is 30.3 Å². The number of unbranched alkanes of at least 4 members (excludes halogenated alkanes) is 1. The molecule has 1 N–H and O–H groups in total. The lowest BCUT2D eigenvalue weighted by Crippen LogP contribution is -2.25. The minimum Gasteiger partial charge on any atom is -0.545 e. The second-order valence-corrected chi connectivity index (χ2v) is 4.93. The van der Waals surface area contributed by atoms with Gasteiger partial charge in [-0.2, -0.15) is 0 Å². The molecule has 116 valence electrons. The second kappa shape index (κ2) is 9.13. The van der Waals surface area contributed by atoms with E-state index in [0.717, 1.165) is 25.7 Å². The zero-order valence-corrected chi connectivity index (χ0v) is 12.2. The van der Waals surface area contributed by atoms with E-state index >= 15 is 0 Å². The summed E-state index contributed by atoms with van der Waals surface area (Å²) in [5.41, 5.74) is -0.140. The van der Waals surface area contributed by atoms with Crippen molar-refractivity contribution in [3.05, 3.63) is 35.4 Å². The van der Waals surface area contributed by atoms with Gasteiger partial charge in [-0.15, -0.1) is 0 Å². The van der Waals surface area contributed by atoms with Crippen LogP contribution in [0.3, 0.4) is 0 Å². The molecule has 1 aromatic carbocycles. The average Bonchev–Trinajstić information content (AvgIpc) is 2.50. The predicted octanol–water partition coefficient (Wildman–Crippen LogP) is 1.40. The van der Waals surface area contributed by atoms with Gasteiger partial charge in [0.2, 0.25) is 0 Å². The lowest BCUT2D eigenvalue weighted by atomic mass is 10.0. The highest BCUT2D eigenvalue weighted by atomic mass is 16.5. The average molecular weight is 293 g/mol. The Balaban J connectivity index is 2.58. The van der Waals surface area contributed by atoms with Gasteiger partial charge in [-0.05, 0) is 24.8 Å². The van der Waals surface area contributed by atoms with E-state index in [0.29, 0.717) is 0 Å². The summed E-state index contributed by atoms with van der Waals surface area (Å²) in [5, 5.41) is 19.7. The number of rotatable bonds is 9. The van der Waals surface area contributed by atoms with Gasteiger partial charge in [0.05, 0.1) is 18.1 Å². The summed E-state index contributed by atoms with van der Waals surface area (Å²) in [7, 11) is 0. The predicted molar refractivity (Wildman–Crippen MR) is 75.8 cm³/mol. The Morgan fingerprint density at radius 3 is 2.48 bits per heavy atom. The van der Waals surface area contributed by atoms with Crippen LogP contribution in [0.4, 0.5) is 0 Å². The van der Waals surface area contributed by atoms with Crippen LogP contribution in [0.1, 0.15) is 53.3 Å². The fourth-order valence-electron chi connectivity index (χ4n) is 2.06. The largest absolute Gasteiger partial charge is 0.545 e. The van der Waals surface area contributed by atoms with E-state index in [2.05, 4.69) is 0 Å². The molecule has 0 aliphatic heterocycles. The molecule has 0 fully saturated rings. The van der Waals surface area contributed by atoms with Crippen molar-refractivity contribution in [2.24, 2.45) is 5.92 Å². The highest BCUT2D eigenvalue weighted by Gasteiger charge is 2.15. The smallest absolute Gasteiger partial charge is 0.338 e. The van der Waals surface area contributed by atoms with E-state index in [1.807, 2.05) is 6.92 Å². The first kappa shape index (κ1) is 17.2. The van der Waals surface area contributed by atoms with Crippen LogP contribution in [-0.2, 0) is 4.74 Å². The molecule has 1 aromatic rings. The number of aliphatic hydroxyl groups is 1. The van der Waals surface area contributed by atoms with E-state index < -0.39 is 11.9 Å². The third kappa shape index (κ3) is 5.55. The van der Waals surface area contributed by atoms with Crippen LogP contribution in [0, 0.1) is 5.92 Å². The van der Waals surface area contributed by atoms with Gasteiger partial charge in [0.1, 0.15) is 0 Å². The van der Waals surface area contributed by atoms with Gasteiger partial charge >= 0.3 is 5.97 Å². The van der Waals surface area contributed by atoms with E-state index in [1.165, 1.54) is 18.2 Å². The van der Waals surface area contributed by atoms with E-state index in [9.17, 15) is 14.7 Å². The van der Waals surface area contributed by atoms with Crippen LogP contribution in [-0.4, -0.2) is 30.3 Å². The van der Waals surface area contributed by atoms with Crippen molar-refractivity contribution in [1.29, 1.82) is 0 Å². The zero-order valence-electron chi connectivity index (χ0n) is 12.2. The van der Waals surface area contributed by atoms with Gasteiger partial charge in [-0.25, -0.2) is 4.79 Å². The molecule has 21 heavy (non-hydrogen) atoms. The van der Waals surface area contributed by atoms with E-state index in [1.54, 1.807) is 6.07 Å². The van der Waals surface area contributed by atoms with Crippen molar-refractivity contribution in [1.82, 2.24) is 0 Å². The Bertz CT molecular complexity index is 469. The Labute approximate surface area is 124 Å². The molecule has 0 saturated carbocycles. The Hall–Kier alpha value is -1.88. The number of benzene rings is 1. The van der Waals surface area contributed by atoms with Crippen molar-refractivity contribution in [3.63, 3.8) is 0 Å². The molecule has 0 bridgehead atoms. The summed E-state index contributed by atoms with van der Waals surface area (Å²) < 4.78 is 5.21. The van der Waals surface area contributed by atoms with Gasteiger partial charge < -0.3 is 19.7 Å². The van der Waals surface area contributed by atoms with Crippen molar-refractivity contribution >= 4 is 11.9 Å². The number of ether oxygens (including phenoxy) is 1. The SMILES string of the molecule is CCC(CCCCO)COC(=O)c1ccccc1C(=O)[O-]. The van der Waals surface area contributed by atoms with Crippen LogP contribution >= 0.6 is 0 Å². The van der Waals surface area contributed by atoms with Gasteiger partial charge in [0.15, 0.2) is 0 Å². The number of hydrogen-bond acceptors (Lipinski definition) is 5. The molecule has 5 heteroatoms. The minimum atomic E-state index is -1.39. The first-order valence-electron chi connectivity index (χ1n) is 7.18.